The Morgan fingerprint density at radius 3 is 2.44 bits per heavy atom. The Kier molecular flexibility index (Phi) is 7.59. The number of ether oxygens (including phenoxy) is 3. The third kappa shape index (κ3) is 5.72. The van der Waals surface area contributed by atoms with E-state index >= 15 is 0 Å². The highest BCUT2D eigenvalue weighted by molar-refractivity contribution is 5.91. The second-order valence-corrected chi connectivity index (χ2v) is 6.70. The lowest BCUT2D eigenvalue weighted by Gasteiger charge is -2.13. The Labute approximate surface area is 185 Å². The van der Waals surface area contributed by atoms with Crippen LogP contribution in [0.25, 0.3) is 0 Å². The number of carbonyl (C=O) groups excluding carboxylic acids is 1. The SMILES string of the molecule is CCOC(=O)c1cccc(N=Cc2cccc(OC)c2OCc2ccc(C(=O)O)cc2)c1. The number of carboxylic acid groups (broad SMARTS) is 1. The van der Waals surface area contributed by atoms with E-state index in [0.29, 0.717) is 34.9 Å². The van der Waals surface area contributed by atoms with Crippen molar-refractivity contribution in [2.45, 2.75) is 13.5 Å². The molecule has 0 aliphatic heterocycles. The highest BCUT2D eigenvalue weighted by Gasteiger charge is 2.11. The number of carbonyl (C=O) groups is 2. The summed E-state index contributed by atoms with van der Waals surface area (Å²) in [7, 11) is 1.55. The number of methoxy groups -OCH3 is 1. The molecule has 7 nitrogen and oxygen atoms in total. The second kappa shape index (κ2) is 10.8. The van der Waals surface area contributed by atoms with Gasteiger partial charge in [0.25, 0.3) is 0 Å². The van der Waals surface area contributed by atoms with Crippen LogP contribution in [0.1, 0.15) is 38.8 Å². The van der Waals surface area contributed by atoms with E-state index in [1.54, 1.807) is 62.7 Å². The maximum Gasteiger partial charge on any atom is 0.338 e. The quantitative estimate of drug-likeness (QED) is 0.381. The van der Waals surface area contributed by atoms with E-state index in [1.807, 2.05) is 12.1 Å². The van der Waals surface area contributed by atoms with Crippen LogP contribution in [-0.4, -0.2) is 37.0 Å². The molecular weight excluding hydrogens is 410 g/mol. The Morgan fingerprint density at radius 1 is 1.00 bits per heavy atom. The molecule has 0 saturated heterocycles. The van der Waals surface area contributed by atoms with Gasteiger partial charge in [-0.25, -0.2) is 9.59 Å². The van der Waals surface area contributed by atoms with Gasteiger partial charge >= 0.3 is 11.9 Å². The summed E-state index contributed by atoms with van der Waals surface area (Å²) in [4.78, 5) is 27.4. The van der Waals surface area contributed by atoms with Crippen LogP contribution in [0, 0.1) is 0 Å². The normalized spacial score (nSPS) is 10.7. The molecule has 1 N–H and O–H groups in total. The third-order valence-corrected chi connectivity index (χ3v) is 4.52. The summed E-state index contributed by atoms with van der Waals surface area (Å²) in [6, 6.07) is 18.7. The van der Waals surface area contributed by atoms with Crippen molar-refractivity contribution in [1.29, 1.82) is 0 Å². The highest BCUT2D eigenvalue weighted by Crippen LogP contribution is 2.31. The van der Waals surface area contributed by atoms with Gasteiger partial charge in [0.2, 0.25) is 0 Å². The van der Waals surface area contributed by atoms with Crippen molar-refractivity contribution in [3.05, 3.63) is 89.0 Å². The summed E-state index contributed by atoms with van der Waals surface area (Å²) in [5.41, 5.74) is 2.73. The first-order valence-corrected chi connectivity index (χ1v) is 9.95. The van der Waals surface area contributed by atoms with E-state index in [2.05, 4.69) is 4.99 Å². The van der Waals surface area contributed by atoms with Gasteiger partial charge < -0.3 is 19.3 Å². The molecular formula is C25H23NO6. The molecule has 0 fully saturated rings. The zero-order valence-corrected chi connectivity index (χ0v) is 17.8. The number of aliphatic imine (C=N–C) groups is 1. The van der Waals surface area contributed by atoms with E-state index in [4.69, 9.17) is 19.3 Å². The standard InChI is InChI=1S/C25H23NO6/c1-3-31-25(29)19-6-4-8-21(14-19)26-15-20-7-5-9-22(30-2)23(20)32-16-17-10-12-18(13-11-17)24(27)28/h4-15H,3,16H2,1-2H3,(H,27,28). The molecule has 0 aromatic heterocycles. The molecule has 0 atom stereocenters. The van der Waals surface area contributed by atoms with Crippen LogP contribution in [0.4, 0.5) is 5.69 Å². The maximum absolute atomic E-state index is 11.9. The van der Waals surface area contributed by atoms with Gasteiger partial charge in [0.05, 0.1) is 30.5 Å². The monoisotopic (exact) mass is 433 g/mol. The fourth-order valence-corrected chi connectivity index (χ4v) is 2.92. The summed E-state index contributed by atoms with van der Waals surface area (Å²) in [6.45, 7) is 2.28. The van der Waals surface area contributed by atoms with Crippen molar-refractivity contribution < 1.29 is 28.9 Å². The van der Waals surface area contributed by atoms with Gasteiger partial charge in [-0.3, -0.25) is 4.99 Å². The Morgan fingerprint density at radius 2 is 1.75 bits per heavy atom. The number of aromatic carboxylic acids is 1. The van der Waals surface area contributed by atoms with Crippen molar-refractivity contribution >= 4 is 23.8 Å². The van der Waals surface area contributed by atoms with E-state index < -0.39 is 11.9 Å². The first-order chi connectivity index (χ1) is 15.5. The Balaban J connectivity index is 1.81. The van der Waals surface area contributed by atoms with Gasteiger partial charge in [-0.2, -0.15) is 0 Å². The lowest BCUT2D eigenvalue weighted by Crippen LogP contribution is -2.04. The summed E-state index contributed by atoms with van der Waals surface area (Å²) >= 11 is 0. The lowest BCUT2D eigenvalue weighted by molar-refractivity contribution is 0.0526. The van der Waals surface area contributed by atoms with E-state index in [9.17, 15) is 9.59 Å². The number of hydrogen-bond acceptors (Lipinski definition) is 6. The Bertz CT molecular complexity index is 1120. The van der Waals surface area contributed by atoms with Gasteiger partial charge in [-0.05, 0) is 55.0 Å². The second-order valence-electron chi connectivity index (χ2n) is 6.70. The van der Waals surface area contributed by atoms with Crippen molar-refractivity contribution in [2.24, 2.45) is 4.99 Å². The minimum Gasteiger partial charge on any atom is -0.493 e. The predicted molar refractivity (Wildman–Crippen MR) is 120 cm³/mol. The number of benzene rings is 3. The van der Waals surface area contributed by atoms with Crippen molar-refractivity contribution in [1.82, 2.24) is 0 Å². The number of rotatable bonds is 9. The average Bonchev–Trinajstić information content (AvgIpc) is 2.82. The first-order valence-electron chi connectivity index (χ1n) is 9.95. The number of para-hydroxylation sites is 1. The summed E-state index contributed by atoms with van der Waals surface area (Å²) in [5, 5.41) is 9.03. The first kappa shape index (κ1) is 22.6. The largest absolute Gasteiger partial charge is 0.493 e. The molecule has 32 heavy (non-hydrogen) atoms. The average molecular weight is 433 g/mol. The molecule has 0 unspecified atom stereocenters. The van der Waals surface area contributed by atoms with Crippen LogP contribution < -0.4 is 9.47 Å². The van der Waals surface area contributed by atoms with Crippen LogP contribution in [0.5, 0.6) is 11.5 Å². The number of nitrogens with zero attached hydrogens (tertiary/aromatic N) is 1. The topological polar surface area (TPSA) is 94.4 Å². The molecule has 0 aliphatic carbocycles. The van der Waals surface area contributed by atoms with Gasteiger partial charge in [0.1, 0.15) is 6.61 Å². The smallest absolute Gasteiger partial charge is 0.338 e. The highest BCUT2D eigenvalue weighted by atomic mass is 16.5. The summed E-state index contributed by atoms with van der Waals surface area (Å²) in [6.07, 6.45) is 1.63. The van der Waals surface area contributed by atoms with Crippen LogP contribution in [0.3, 0.4) is 0 Å². The van der Waals surface area contributed by atoms with Crippen LogP contribution in [0.2, 0.25) is 0 Å². The fraction of sp³-hybridized carbons (Fsp3) is 0.160. The van der Waals surface area contributed by atoms with Gasteiger partial charge in [-0.1, -0.05) is 24.3 Å². The Hall–Kier alpha value is -4.13. The summed E-state index contributed by atoms with van der Waals surface area (Å²) in [5.74, 6) is -0.337. The number of hydrogen-bond donors (Lipinski definition) is 1. The van der Waals surface area contributed by atoms with Gasteiger partial charge in [-0.15, -0.1) is 0 Å². The van der Waals surface area contributed by atoms with E-state index in [-0.39, 0.29) is 12.2 Å². The molecule has 7 heteroatoms. The molecule has 3 rings (SSSR count). The maximum atomic E-state index is 11.9. The minimum atomic E-state index is -0.979. The van der Waals surface area contributed by atoms with Crippen molar-refractivity contribution in [2.75, 3.05) is 13.7 Å². The predicted octanol–water partition coefficient (Wildman–Crippen LogP) is 4.90. The molecule has 0 saturated carbocycles. The molecule has 0 amide bonds. The van der Waals surface area contributed by atoms with E-state index in [1.165, 1.54) is 12.1 Å². The minimum absolute atomic E-state index is 0.212. The van der Waals surface area contributed by atoms with E-state index in [0.717, 1.165) is 5.56 Å². The lowest BCUT2D eigenvalue weighted by atomic mass is 10.1. The molecule has 0 heterocycles. The molecule has 0 bridgehead atoms. The van der Waals surface area contributed by atoms with Crippen LogP contribution in [0.15, 0.2) is 71.7 Å². The number of esters is 1. The van der Waals surface area contributed by atoms with Crippen molar-refractivity contribution in [3.8, 4) is 11.5 Å². The molecule has 0 spiro atoms. The van der Waals surface area contributed by atoms with Gasteiger partial charge in [0, 0.05) is 11.8 Å². The fourth-order valence-electron chi connectivity index (χ4n) is 2.92. The molecule has 3 aromatic carbocycles. The summed E-state index contributed by atoms with van der Waals surface area (Å²) < 4.78 is 16.4. The molecule has 0 aliphatic rings. The zero-order chi connectivity index (χ0) is 22.9. The van der Waals surface area contributed by atoms with Crippen molar-refractivity contribution in [3.63, 3.8) is 0 Å². The molecule has 0 radical (unpaired) electrons. The number of carboxylic acids is 1. The zero-order valence-electron chi connectivity index (χ0n) is 17.8. The van der Waals surface area contributed by atoms with Gasteiger partial charge in [0.15, 0.2) is 11.5 Å². The third-order valence-electron chi connectivity index (χ3n) is 4.52. The van der Waals surface area contributed by atoms with Crippen LogP contribution in [-0.2, 0) is 11.3 Å². The molecule has 164 valence electrons. The molecule has 3 aromatic rings. The van der Waals surface area contributed by atoms with Crippen LogP contribution >= 0.6 is 0 Å².